The normalized spacial score (nSPS) is 18.0. The largest absolute Gasteiger partial charge is 0.480 e. The van der Waals surface area contributed by atoms with Crippen LogP contribution < -0.4 is 0 Å². The molecule has 1 fully saturated rings. The topological polar surface area (TPSA) is 66.8 Å². The molecular weight excluding hydrogens is 246 g/mol. The van der Waals surface area contributed by atoms with Gasteiger partial charge in [0.25, 0.3) is 0 Å². The minimum atomic E-state index is -1.05. The zero-order valence-electron chi connectivity index (χ0n) is 11.9. The van der Waals surface area contributed by atoms with Crippen LogP contribution in [0.25, 0.3) is 0 Å². The molecule has 110 valence electrons. The molecule has 0 aromatic heterocycles. The fourth-order valence-corrected chi connectivity index (χ4v) is 2.64. The summed E-state index contributed by atoms with van der Waals surface area (Å²) >= 11 is 0. The summed E-state index contributed by atoms with van der Waals surface area (Å²) in [6.45, 7) is 1.47. The van der Waals surface area contributed by atoms with Crippen molar-refractivity contribution in [3.8, 4) is 0 Å². The Morgan fingerprint density at radius 3 is 2.47 bits per heavy atom. The third-order valence-corrected chi connectivity index (χ3v) is 3.90. The van der Waals surface area contributed by atoms with Crippen LogP contribution in [-0.4, -0.2) is 48.2 Å². The molecule has 1 saturated carbocycles. The predicted octanol–water partition coefficient (Wildman–Crippen LogP) is 1.90. The number of aliphatic carboxylic acids is 1. The number of carbonyl (C=O) groups excluding carboxylic acids is 1. The number of nitrogens with zero attached hydrogens (tertiary/aromatic N) is 1. The fourth-order valence-electron chi connectivity index (χ4n) is 2.64. The predicted molar refractivity (Wildman–Crippen MR) is 71.9 cm³/mol. The smallest absolute Gasteiger partial charge is 0.329 e. The molecule has 19 heavy (non-hydrogen) atoms. The van der Waals surface area contributed by atoms with E-state index in [2.05, 4.69) is 0 Å². The van der Waals surface area contributed by atoms with Gasteiger partial charge in [0.05, 0.1) is 0 Å². The van der Waals surface area contributed by atoms with E-state index in [1.807, 2.05) is 6.92 Å². The molecule has 1 rings (SSSR count). The van der Waals surface area contributed by atoms with Gasteiger partial charge in [0.15, 0.2) is 0 Å². The standard InChI is InChI=1S/C14H25NO4/c1-11(8-12-6-4-3-5-7-12)15(2)13(16)9-19-10-14(17)18/h11-12H,3-10H2,1-2H3,(H,17,18)/t11-/m0/s1. The molecule has 0 aromatic rings. The second-order valence-corrected chi connectivity index (χ2v) is 5.48. The molecule has 5 heteroatoms. The number of carboxylic acids is 1. The van der Waals surface area contributed by atoms with Crippen LogP contribution >= 0.6 is 0 Å². The Hall–Kier alpha value is -1.10. The van der Waals surface area contributed by atoms with Crippen LogP contribution in [0.1, 0.15) is 45.4 Å². The zero-order valence-corrected chi connectivity index (χ0v) is 11.9. The number of rotatable bonds is 7. The molecule has 0 aromatic carbocycles. The van der Waals surface area contributed by atoms with Gasteiger partial charge in [0.2, 0.25) is 5.91 Å². The Bertz CT molecular complexity index is 300. The van der Waals surface area contributed by atoms with Gasteiger partial charge in [-0.3, -0.25) is 4.79 Å². The van der Waals surface area contributed by atoms with E-state index in [-0.39, 0.29) is 18.6 Å². The lowest BCUT2D eigenvalue weighted by molar-refractivity contribution is -0.146. The quantitative estimate of drug-likeness (QED) is 0.768. The van der Waals surface area contributed by atoms with E-state index >= 15 is 0 Å². The SMILES string of the molecule is C[C@@H](CC1CCCCC1)N(C)C(=O)COCC(=O)O. The maximum atomic E-state index is 11.8. The number of hydrogen-bond acceptors (Lipinski definition) is 3. The van der Waals surface area contributed by atoms with Crippen molar-refractivity contribution < 1.29 is 19.4 Å². The first-order valence-corrected chi connectivity index (χ1v) is 7.06. The minimum Gasteiger partial charge on any atom is -0.480 e. The maximum Gasteiger partial charge on any atom is 0.329 e. The summed E-state index contributed by atoms with van der Waals surface area (Å²) < 4.78 is 4.83. The lowest BCUT2D eigenvalue weighted by Crippen LogP contribution is -2.39. The highest BCUT2D eigenvalue weighted by Crippen LogP contribution is 2.28. The number of carboxylic acid groups (broad SMARTS) is 1. The average molecular weight is 271 g/mol. The van der Waals surface area contributed by atoms with Crippen molar-refractivity contribution in [3.63, 3.8) is 0 Å². The minimum absolute atomic E-state index is 0.149. The lowest BCUT2D eigenvalue weighted by atomic mass is 9.85. The van der Waals surface area contributed by atoms with Crippen molar-refractivity contribution in [1.82, 2.24) is 4.90 Å². The zero-order chi connectivity index (χ0) is 14.3. The Balaban J connectivity index is 2.27. The van der Waals surface area contributed by atoms with Gasteiger partial charge >= 0.3 is 5.97 Å². The lowest BCUT2D eigenvalue weighted by Gasteiger charge is -2.30. The highest BCUT2D eigenvalue weighted by molar-refractivity contribution is 5.78. The number of ether oxygens (including phenoxy) is 1. The van der Waals surface area contributed by atoms with Crippen LogP contribution in [0.3, 0.4) is 0 Å². The summed E-state index contributed by atoms with van der Waals surface area (Å²) in [6, 6.07) is 0.184. The van der Waals surface area contributed by atoms with E-state index in [0.717, 1.165) is 12.3 Å². The second-order valence-electron chi connectivity index (χ2n) is 5.48. The molecule has 0 saturated heterocycles. The first-order chi connectivity index (χ1) is 9.00. The molecule has 1 atom stereocenters. The van der Waals surface area contributed by atoms with Crippen molar-refractivity contribution >= 4 is 11.9 Å². The van der Waals surface area contributed by atoms with Crippen molar-refractivity contribution in [2.45, 2.75) is 51.5 Å². The van der Waals surface area contributed by atoms with E-state index in [1.54, 1.807) is 11.9 Å². The molecule has 1 N–H and O–H groups in total. The van der Waals surface area contributed by atoms with Gasteiger partial charge in [-0.25, -0.2) is 4.79 Å². The second kappa shape index (κ2) is 8.15. The first kappa shape index (κ1) is 16.0. The highest BCUT2D eigenvalue weighted by Gasteiger charge is 2.21. The molecule has 1 aliphatic rings. The molecule has 5 nitrogen and oxygen atoms in total. The molecule has 0 heterocycles. The Labute approximate surface area is 114 Å². The van der Waals surface area contributed by atoms with E-state index in [1.165, 1.54) is 32.1 Å². The first-order valence-electron chi connectivity index (χ1n) is 7.06. The van der Waals surface area contributed by atoms with Gasteiger partial charge in [-0.15, -0.1) is 0 Å². The van der Waals surface area contributed by atoms with Crippen molar-refractivity contribution in [1.29, 1.82) is 0 Å². The van der Waals surface area contributed by atoms with E-state index in [4.69, 9.17) is 9.84 Å². The van der Waals surface area contributed by atoms with Gasteiger partial charge < -0.3 is 14.7 Å². The third-order valence-electron chi connectivity index (χ3n) is 3.90. The summed E-state index contributed by atoms with van der Waals surface area (Å²) in [4.78, 5) is 23.8. The fraction of sp³-hybridized carbons (Fsp3) is 0.857. The van der Waals surface area contributed by atoms with Gasteiger partial charge in [0.1, 0.15) is 13.2 Å². The molecule has 0 bridgehead atoms. The summed E-state index contributed by atoms with van der Waals surface area (Å²) in [5, 5.41) is 8.44. The summed E-state index contributed by atoms with van der Waals surface area (Å²) in [7, 11) is 1.76. The highest BCUT2D eigenvalue weighted by atomic mass is 16.5. The van der Waals surface area contributed by atoms with Crippen LogP contribution in [0.4, 0.5) is 0 Å². The van der Waals surface area contributed by atoms with Gasteiger partial charge in [0, 0.05) is 13.1 Å². The Morgan fingerprint density at radius 2 is 1.89 bits per heavy atom. The van der Waals surface area contributed by atoms with Crippen molar-refractivity contribution in [3.05, 3.63) is 0 Å². The molecule has 0 radical (unpaired) electrons. The molecule has 0 aliphatic heterocycles. The number of hydrogen-bond donors (Lipinski definition) is 1. The maximum absolute atomic E-state index is 11.8. The Kier molecular flexibility index (Phi) is 6.84. The van der Waals surface area contributed by atoms with Gasteiger partial charge in [-0.1, -0.05) is 32.1 Å². The molecular formula is C14H25NO4. The van der Waals surface area contributed by atoms with E-state index < -0.39 is 12.6 Å². The van der Waals surface area contributed by atoms with E-state index in [0.29, 0.717) is 0 Å². The monoisotopic (exact) mass is 271 g/mol. The number of likely N-dealkylation sites (N-methyl/N-ethyl adjacent to an activating group) is 1. The summed E-state index contributed by atoms with van der Waals surface area (Å²) in [5.74, 6) is -0.478. The number of amides is 1. The molecule has 1 aliphatic carbocycles. The van der Waals surface area contributed by atoms with Gasteiger partial charge in [-0.2, -0.15) is 0 Å². The van der Waals surface area contributed by atoms with Crippen molar-refractivity contribution in [2.24, 2.45) is 5.92 Å². The van der Waals surface area contributed by atoms with Gasteiger partial charge in [-0.05, 0) is 19.3 Å². The van der Waals surface area contributed by atoms with Crippen LogP contribution in [0.5, 0.6) is 0 Å². The van der Waals surface area contributed by atoms with Crippen LogP contribution in [0, 0.1) is 5.92 Å². The summed E-state index contributed by atoms with van der Waals surface area (Å²) in [6.07, 6.45) is 7.50. The Morgan fingerprint density at radius 1 is 1.26 bits per heavy atom. The summed E-state index contributed by atoms with van der Waals surface area (Å²) in [5.41, 5.74) is 0. The van der Waals surface area contributed by atoms with Crippen LogP contribution in [-0.2, 0) is 14.3 Å². The van der Waals surface area contributed by atoms with Crippen LogP contribution in [0.2, 0.25) is 0 Å². The van der Waals surface area contributed by atoms with Crippen molar-refractivity contribution in [2.75, 3.05) is 20.3 Å². The van der Waals surface area contributed by atoms with E-state index in [9.17, 15) is 9.59 Å². The molecule has 0 unspecified atom stereocenters. The molecule has 1 amide bonds. The third kappa shape index (κ3) is 6.05. The number of carbonyl (C=O) groups is 2. The van der Waals surface area contributed by atoms with Crippen LogP contribution in [0.15, 0.2) is 0 Å². The molecule has 0 spiro atoms. The average Bonchev–Trinajstić information content (AvgIpc) is 2.38.